The van der Waals surface area contributed by atoms with E-state index in [9.17, 15) is 4.79 Å². The van der Waals surface area contributed by atoms with Gasteiger partial charge in [0.25, 0.3) is 5.91 Å². The summed E-state index contributed by atoms with van der Waals surface area (Å²) in [5.74, 6) is -0.0338. The van der Waals surface area contributed by atoms with Gasteiger partial charge in [-0.3, -0.25) is 4.79 Å². The average Bonchev–Trinajstić information content (AvgIpc) is 3.21. The highest BCUT2D eigenvalue weighted by Crippen LogP contribution is 2.34. The molecule has 0 radical (unpaired) electrons. The Kier molecular flexibility index (Phi) is 3.56. The molecular formula is C19H20N4O. The third kappa shape index (κ3) is 2.46. The number of rotatable bonds is 2. The summed E-state index contributed by atoms with van der Waals surface area (Å²) in [4.78, 5) is 23.7. The predicted molar refractivity (Wildman–Crippen MR) is 91.9 cm³/mol. The van der Waals surface area contributed by atoms with E-state index < -0.39 is 0 Å². The van der Waals surface area contributed by atoms with Crippen molar-refractivity contribution in [3.8, 4) is 0 Å². The van der Waals surface area contributed by atoms with E-state index in [0.717, 1.165) is 19.4 Å². The number of carbonyl (C=O) groups excluding carboxylic acids is 1. The van der Waals surface area contributed by atoms with Gasteiger partial charge in [-0.25, -0.2) is 9.97 Å². The zero-order valence-electron chi connectivity index (χ0n) is 13.9. The monoisotopic (exact) mass is 320 g/mol. The fourth-order valence-corrected chi connectivity index (χ4v) is 3.70. The van der Waals surface area contributed by atoms with Crippen LogP contribution < -0.4 is 0 Å². The van der Waals surface area contributed by atoms with Gasteiger partial charge in [0.15, 0.2) is 11.3 Å². The highest BCUT2D eigenvalue weighted by Gasteiger charge is 2.32. The molecule has 2 aromatic heterocycles. The number of likely N-dealkylation sites (tertiary alicyclic amines) is 1. The molecular weight excluding hydrogens is 300 g/mol. The van der Waals surface area contributed by atoms with Crippen LogP contribution in [0.4, 0.5) is 0 Å². The number of hydrogen-bond acceptors (Lipinski definition) is 3. The van der Waals surface area contributed by atoms with Crippen molar-refractivity contribution in [2.24, 2.45) is 0 Å². The first kappa shape index (κ1) is 14.9. The van der Waals surface area contributed by atoms with Gasteiger partial charge >= 0.3 is 0 Å². The average molecular weight is 320 g/mol. The molecule has 0 bridgehead atoms. The molecule has 1 aromatic carbocycles. The molecule has 0 spiro atoms. The Bertz CT molecular complexity index is 894. The van der Waals surface area contributed by atoms with Gasteiger partial charge in [0.05, 0.1) is 6.04 Å². The topological polar surface area (TPSA) is 50.5 Å². The van der Waals surface area contributed by atoms with Crippen molar-refractivity contribution in [2.45, 2.75) is 32.7 Å². The number of fused-ring (bicyclic) bond motifs is 1. The van der Waals surface area contributed by atoms with Crippen LogP contribution in [0.15, 0.2) is 43.0 Å². The number of amides is 1. The molecule has 1 fully saturated rings. The number of carbonyl (C=O) groups is 1. The van der Waals surface area contributed by atoms with Gasteiger partial charge in [0.1, 0.15) is 0 Å². The lowest BCUT2D eigenvalue weighted by Gasteiger charge is -2.25. The lowest BCUT2D eigenvalue weighted by atomic mass is 9.99. The summed E-state index contributed by atoms with van der Waals surface area (Å²) in [6, 6.07) is 6.66. The van der Waals surface area contributed by atoms with E-state index in [-0.39, 0.29) is 11.9 Å². The Hall–Kier alpha value is -2.69. The fraction of sp³-hybridized carbons (Fsp3) is 0.316. The van der Waals surface area contributed by atoms with Crippen molar-refractivity contribution < 1.29 is 4.79 Å². The van der Waals surface area contributed by atoms with Gasteiger partial charge in [0.2, 0.25) is 0 Å². The van der Waals surface area contributed by atoms with Gasteiger partial charge in [-0.2, -0.15) is 0 Å². The highest BCUT2D eigenvalue weighted by atomic mass is 16.2. The molecule has 0 N–H and O–H groups in total. The standard InChI is InChI=1S/C19H20N4O/c1-13-10-14(2)12-15(11-13)16-4-3-7-23(16)19(24)17-18-21-6-9-22(18)8-5-20-17/h5-6,8-12,16H,3-4,7H2,1-2H3/t16-/m0/s1. The van der Waals surface area contributed by atoms with E-state index in [1.54, 1.807) is 12.4 Å². The summed E-state index contributed by atoms with van der Waals surface area (Å²) in [5, 5.41) is 0. The summed E-state index contributed by atoms with van der Waals surface area (Å²) in [6.07, 6.45) is 9.00. The van der Waals surface area contributed by atoms with Crippen LogP contribution in [0.2, 0.25) is 0 Å². The number of nitrogens with zero attached hydrogens (tertiary/aromatic N) is 4. The maximum Gasteiger partial charge on any atom is 0.276 e. The van der Waals surface area contributed by atoms with Crippen LogP contribution in [0.1, 0.15) is 46.1 Å². The van der Waals surface area contributed by atoms with E-state index in [1.165, 1.54) is 16.7 Å². The molecule has 1 saturated heterocycles. The molecule has 0 saturated carbocycles. The molecule has 122 valence electrons. The van der Waals surface area contributed by atoms with E-state index in [4.69, 9.17) is 0 Å². The number of aromatic nitrogens is 3. The Morgan fingerprint density at radius 2 is 1.79 bits per heavy atom. The molecule has 3 aromatic rings. The quantitative estimate of drug-likeness (QED) is 0.728. The van der Waals surface area contributed by atoms with Crippen LogP contribution in [0.5, 0.6) is 0 Å². The molecule has 1 aliphatic heterocycles. The summed E-state index contributed by atoms with van der Waals surface area (Å²) < 4.78 is 1.84. The number of hydrogen-bond donors (Lipinski definition) is 0. The van der Waals surface area contributed by atoms with E-state index >= 15 is 0 Å². The molecule has 1 amide bonds. The SMILES string of the molecule is Cc1cc(C)cc([C@@H]2CCCN2C(=O)c2nccn3ccnc23)c1. The molecule has 3 heterocycles. The van der Waals surface area contributed by atoms with Crippen molar-refractivity contribution in [3.63, 3.8) is 0 Å². The summed E-state index contributed by atoms with van der Waals surface area (Å²) in [6.45, 7) is 4.97. The van der Waals surface area contributed by atoms with Gasteiger partial charge < -0.3 is 9.30 Å². The fourth-order valence-electron chi connectivity index (χ4n) is 3.70. The predicted octanol–water partition coefficient (Wildman–Crippen LogP) is 3.32. The second kappa shape index (κ2) is 5.74. The Morgan fingerprint density at radius 3 is 2.54 bits per heavy atom. The molecule has 0 aliphatic carbocycles. The number of benzene rings is 1. The second-order valence-electron chi connectivity index (χ2n) is 6.51. The maximum absolute atomic E-state index is 13.1. The number of aryl methyl sites for hydroxylation is 2. The molecule has 0 unspecified atom stereocenters. The molecule has 1 aliphatic rings. The van der Waals surface area contributed by atoms with Crippen molar-refractivity contribution >= 4 is 11.6 Å². The van der Waals surface area contributed by atoms with Crippen LogP contribution in [-0.4, -0.2) is 31.7 Å². The minimum absolute atomic E-state index is 0.0338. The van der Waals surface area contributed by atoms with Crippen molar-refractivity contribution in [2.75, 3.05) is 6.54 Å². The van der Waals surface area contributed by atoms with Crippen molar-refractivity contribution in [3.05, 3.63) is 65.4 Å². The van der Waals surface area contributed by atoms with Gasteiger partial charge in [-0.15, -0.1) is 0 Å². The largest absolute Gasteiger partial charge is 0.330 e. The van der Waals surface area contributed by atoms with Gasteiger partial charge in [0, 0.05) is 31.3 Å². The summed E-state index contributed by atoms with van der Waals surface area (Å²) in [5.41, 5.74) is 4.73. The first-order valence-electron chi connectivity index (χ1n) is 8.30. The van der Waals surface area contributed by atoms with E-state index in [1.807, 2.05) is 21.7 Å². The first-order chi connectivity index (χ1) is 11.6. The number of imidazole rings is 1. The van der Waals surface area contributed by atoms with Crippen LogP contribution in [0.3, 0.4) is 0 Å². The van der Waals surface area contributed by atoms with E-state index in [2.05, 4.69) is 42.0 Å². The van der Waals surface area contributed by atoms with Crippen molar-refractivity contribution in [1.29, 1.82) is 0 Å². The van der Waals surface area contributed by atoms with Crippen LogP contribution in [0, 0.1) is 13.8 Å². The lowest BCUT2D eigenvalue weighted by Crippen LogP contribution is -2.31. The first-order valence-corrected chi connectivity index (χ1v) is 8.30. The Morgan fingerprint density at radius 1 is 1.08 bits per heavy atom. The molecule has 5 nitrogen and oxygen atoms in total. The van der Waals surface area contributed by atoms with Crippen LogP contribution in [-0.2, 0) is 0 Å². The third-order valence-electron chi connectivity index (χ3n) is 4.66. The van der Waals surface area contributed by atoms with Crippen LogP contribution in [0.25, 0.3) is 5.65 Å². The Labute approximate surface area is 141 Å². The molecule has 5 heteroatoms. The Balaban J connectivity index is 1.72. The van der Waals surface area contributed by atoms with Gasteiger partial charge in [-0.05, 0) is 32.3 Å². The molecule has 4 rings (SSSR count). The normalized spacial score (nSPS) is 17.6. The van der Waals surface area contributed by atoms with Crippen molar-refractivity contribution in [1.82, 2.24) is 19.3 Å². The minimum atomic E-state index is -0.0338. The maximum atomic E-state index is 13.1. The second-order valence-corrected chi connectivity index (χ2v) is 6.51. The molecule has 24 heavy (non-hydrogen) atoms. The highest BCUT2D eigenvalue weighted by molar-refractivity contribution is 5.98. The summed E-state index contributed by atoms with van der Waals surface area (Å²) in [7, 11) is 0. The van der Waals surface area contributed by atoms with Crippen LogP contribution >= 0.6 is 0 Å². The molecule has 1 atom stereocenters. The zero-order valence-corrected chi connectivity index (χ0v) is 13.9. The zero-order chi connectivity index (χ0) is 16.7. The van der Waals surface area contributed by atoms with Gasteiger partial charge in [-0.1, -0.05) is 29.3 Å². The van der Waals surface area contributed by atoms with E-state index in [0.29, 0.717) is 11.3 Å². The lowest BCUT2D eigenvalue weighted by molar-refractivity contribution is 0.0731. The third-order valence-corrected chi connectivity index (χ3v) is 4.66. The summed E-state index contributed by atoms with van der Waals surface area (Å²) >= 11 is 0. The smallest absolute Gasteiger partial charge is 0.276 e. The minimum Gasteiger partial charge on any atom is -0.330 e.